The molecule has 2 rings (SSSR count). The lowest BCUT2D eigenvalue weighted by molar-refractivity contribution is -0.141. The molecule has 2 saturated carbocycles. The zero-order valence-corrected chi connectivity index (χ0v) is 12.6. The van der Waals surface area contributed by atoms with Crippen LogP contribution < -0.4 is 5.32 Å². The van der Waals surface area contributed by atoms with Crippen molar-refractivity contribution in [1.82, 2.24) is 5.32 Å². The van der Waals surface area contributed by atoms with E-state index in [1.54, 1.807) is 20.8 Å². The van der Waals surface area contributed by atoms with E-state index in [1.165, 1.54) is 19.3 Å². The Labute approximate surface area is 120 Å². The molecule has 2 atom stereocenters. The van der Waals surface area contributed by atoms with Crippen LogP contribution in [0.15, 0.2) is 0 Å². The van der Waals surface area contributed by atoms with Gasteiger partial charge >= 0.3 is 12.1 Å². The molecule has 0 radical (unpaired) electrons. The standard InChI is InChI=1S/C15H25NO4/c1-14(2,3)20-13(19)16-11(12(17)18)10-5-4-6-15(9-10)7-8-15/h10-11H,4-9H2,1-3H3,(H,16,19)(H,17,18). The van der Waals surface area contributed by atoms with Gasteiger partial charge in [-0.2, -0.15) is 0 Å². The van der Waals surface area contributed by atoms with Crippen LogP contribution in [0.4, 0.5) is 4.79 Å². The summed E-state index contributed by atoms with van der Waals surface area (Å²) in [7, 11) is 0. The molecule has 0 bridgehead atoms. The summed E-state index contributed by atoms with van der Waals surface area (Å²) in [6.07, 6.45) is 5.84. The van der Waals surface area contributed by atoms with Crippen molar-refractivity contribution in [2.45, 2.75) is 70.9 Å². The van der Waals surface area contributed by atoms with E-state index in [0.717, 1.165) is 19.3 Å². The second-order valence-electron chi connectivity index (χ2n) is 7.32. The molecule has 2 unspecified atom stereocenters. The number of carboxylic acid groups (broad SMARTS) is 1. The van der Waals surface area contributed by atoms with Gasteiger partial charge in [-0.3, -0.25) is 0 Å². The van der Waals surface area contributed by atoms with E-state index in [1.807, 2.05) is 0 Å². The predicted molar refractivity (Wildman–Crippen MR) is 74.4 cm³/mol. The lowest BCUT2D eigenvalue weighted by Crippen LogP contribution is -2.49. The first-order valence-electron chi connectivity index (χ1n) is 7.43. The maximum Gasteiger partial charge on any atom is 0.408 e. The van der Waals surface area contributed by atoms with Gasteiger partial charge < -0.3 is 15.2 Å². The summed E-state index contributed by atoms with van der Waals surface area (Å²) in [5, 5.41) is 11.9. The van der Waals surface area contributed by atoms with Gasteiger partial charge in [0.15, 0.2) is 0 Å². The van der Waals surface area contributed by atoms with Crippen LogP contribution in [0.25, 0.3) is 0 Å². The predicted octanol–water partition coefficient (Wildman–Crippen LogP) is 2.93. The Bertz CT molecular complexity index is 395. The van der Waals surface area contributed by atoms with Crippen molar-refractivity contribution in [2.24, 2.45) is 11.3 Å². The first kappa shape index (κ1) is 15.1. The van der Waals surface area contributed by atoms with E-state index in [-0.39, 0.29) is 5.92 Å². The van der Waals surface area contributed by atoms with Crippen molar-refractivity contribution < 1.29 is 19.4 Å². The van der Waals surface area contributed by atoms with Gasteiger partial charge in [0.1, 0.15) is 11.6 Å². The molecule has 0 aliphatic heterocycles. The number of aliphatic carboxylic acids is 1. The minimum absolute atomic E-state index is 0.0243. The molecule has 0 aromatic carbocycles. The summed E-state index contributed by atoms with van der Waals surface area (Å²) in [5.41, 5.74) is -0.232. The quantitative estimate of drug-likeness (QED) is 0.835. The highest BCUT2D eigenvalue weighted by Crippen LogP contribution is 2.58. The van der Waals surface area contributed by atoms with Crippen molar-refractivity contribution in [3.8, 4) is 0 Å². The monoisotopic (exact) mass is 283 g/mol. The number of ether oxygens (including phenoxy) is 1. The molecular formula is C15H25NO4. The van der Waals surface area contributed by atoms with Gasteiger partial charge in [-0.15, -0.1) is 0 Å². The minimum atomic E-state index is -0.960. The van der Waals surface area contributed by atoms with Crippen LogP contribution in [0.1, 0.15) is 59.3 Å². The van der Waals surface area contributed by atoms with Crippen LogP contribution in [0.2, 0.25) is 0 Å². The molecule has 2 aliphatic carbocycles. The maximum atomic E-state index is 11.8. The van der Waals surface area contributed by atoms with E-state index >= 15 is 0 Å². The smallest absolute Gasteiger partial charge is 0.408 e. The fourth-order valence-corrected chi connectivity index (χ4v) is 3.23. The van der Waals surface area contributed by atoms with E-state index in [4.69, 9.17) is 4.74 Å². The summed E-state index contributed by atoms with van der Waals surface area (Å²) < 4.78 is 5.16. The summed E-state index contributed by atoms with van der Waals surface area (Å²) in [4.78, 5) is 23.3. The zero-order chi connectivity index (χ0) is 15.0. The molecule has 2 fully saturated rings. The summed E-state index contributed by atoms with van der Waals surface area (Å²) in [6, 6.07) is -0.831. The second-order valence-corrected chi connectivity index (χ2v) is 7.32. The van der Waals surface area contributed by atoms with Gasteiger partial charge in [0.2, 0.25) is 0 Å². The van der Waals surface area contributed by atoms with Gasteiger partial charge in [0.25, 0.3) is 0 Å². The lowest BCUT2D eigenvalue weighted by Gasteiger charge is -2.33. The Balaban J connectivity index is 1.96. The fourth-order valence-electron chi connectivity index (χ4n) is 3.23. The highest BCUT2D eigenvalue weighted by molar-refractivity contribution is 5.80. The molecule has 0 saturated heterocycles. The van der Waals surface area contributed by atoms with Gasteiger partial charge in [0, 0.05) is 0 Å². The number of rotatable bonds is 3. The van der Waals surface area contributed by atoms with Crippen LogP contribution in [0.3, 0.4) is 0 Å². The van der Waals surface area contributed by atoms with Crippen LogP contribution in [-0.2, 0) is 9.53 Å². The number of alkyl carbamates (subject to hydrolysis) is 1. The molecule has 5 nitrogen and oxygen atoms in total. The van der Waals surface area contributed by atoms with Crippen molar-refractivity contribution in [3.05, 3.63) is 0 Å². The van der Waals surface area contributed by atoms with Gasteiger partial charge in [0.05, 0.1) is 0 Å². The van der Waals surface area contributed by atoms with Crippen molar-refractivity contribution in [3.63, 3.8) is 0 Å². The van der Waals surface area contributed by atoms with E-state index in [0.29, 0.717) is 5.41 Å². The molecule has 2 aliphatic rings. The molecule has 5 heteroatoms. The fraction of sp³-hybridized carbons (Fsp3) is 0.867. The average Bonchev–Trinajstić information content (AvgIpc) is 3.02. The van der Waals surface area contributed by atoms with Crippen molar-refractivity contribution >= 4 is 12.1 Å². The molecular weight excluding hydrogens is 258 g/mol. The van der Waals surface area contributed by atoms with E-state index in [2.05, 4.69) is 5.32 Å². The number of carbonyl (C=O) groups is 2. The third kappa shape index (κ3) is 3.87. The first-order valence-corrected chi connectivity index (χ1v) is 7.43. The SMILES string of the molecule is CC(C)(C)OC(=O)NC(C(=O)O)C1CCCC2(CC2)C1. The Kier molecular flexibility index (Phi) is 3.98. The van der Waals surface area contributed by atoms with Crippen LogP contribution in [-0.4, -0.2) is 28.8 Å². The molecule has 0 aromatic rings. The Morgan fingerprint density at radius 1 is 1.30 bits per heavy atom. The third-order valence-corrected chi connectivity index (χ3v) is 4.34. The van der Waals surface area contributed by atoms with Gasteiger partial charge in [-0.05, 0) is 64.2 Å². The lowest BCUT2D eigenvalue weighted by atomic mass is 9.76. The van der Waals surface area contributed by atoms with Crippen LogP contribution >= 0.6 is 0 Å². The highest BCUT2D eigenvalue weighted by atomic mass is 16.6. The van der Waals surface area contributed by atoms with Gasteiger partial charge in [-0.25, -0.2) is 9.59 Å². The Morgan fingerprint density at radius 2 is 1.95 bits per heavy atom. The molecule has 1 spiro atoms. The Hall–Kier alpha value is -1.26. The number of amides is 1. The normalized spacial score (nSPS) is 25.9. The van der Waals surface area contributed by atoms with Crippen LogP contribution in [0, 0.1) is 11.3 Å². The van der Waals surface area contributed by atoms with Crippen molar-refractivity contribution in [1.29, 1.82) is 0 Å². The summed E-state index contributed by atoms with van der Waals surface area (Å²) >= 11 is 0. The molecule has 114 valence electrons. The molecule has 20 heavy (non-hydrogen) atoms. The van der Waals surface area contributed by atoms with E-state index < -0.39 is 23.7 Å². The summed E-state index contributed by atoms with van der Waals surface area (Å²) in [6.45, 7) is 5.30. The second kappa shape index (κ2) is 5.26. The summed E-state index contributed by atoms with van der Waals surface area (Å²) in [5.74, 6) is -0.935. The number of hydrogen-bond acceptors (Lipinski definition) is 3. The first-order chi connectivity index (χ1) is 9.21. The Morgan fingerprint density at radius 3 is 2.45 bits per heavy atom. The topological polar surface area (TPSA) is 75.6 Å². The van der Waals surface area contributed by atoms with Crippen molar-refractivity contribution in [2.75, 3.05) is 0 Å². The largest absolute Gasteiger partial charge is 0.480 e. The highest BCUT2D eigenvalue weighted by Gasteiger charge is 2.48. The number of carboxylic acids is 1. The number of hydrogen-bond donors (Lipinski definition) is 2. The molecule has 0 heterocycles. The zero-order valence-electron chi connectivity index (χ0n) is 12.6. The van der Waals surface area contributed by atoms with E-state index in [9.17, 15) is 14.7 Å². The third-order valence-electron chi connectivity index (χ3n) is 4.34. The van der Waals surface area contributed by atoms with Gasteiger partial charge in [-0.1, -0.05) is 6.42 Å². The number of carbonyl (C=O) groups excluding carboxylic acids is 1. The minimum Gasteiger partial charge on any atom is -0.480 e. The maximum absolute atomic E-state index is 11.8. The molecule has 0 aromatic heterocycles. The average molecular weight is 283 g/mol. The van der Waals surface area contributed by atoms with Crippen LogP contribution in [0.5, 0.6) is 0 Å². The molecule has 1 amide bonds. The number of nitrogens with one attached hydrogen (secondary N) is 1. The molecule has 2 N–H and O–H groups in total.